The molecule has 2 rings (SSSR count). The van der Waals surface area contributed by atoms with Gasteiger partial charge in [-0.3, -0.25) is 4.79 Å². The Hall–Kier alpha value is -2.07. The van der Waals surface area contributed by atoms with Gasteiger partial charge in [-0.15, -0.1) is 0 Å². The van der Waals surface area contributed by atoms with Crippen molar-refractivity contribution in [3.05, 3.63) is 53.3 Å². The molecule has 0 saturated heterocycles. The number of carbonyl (C=O) groups is 1. The fraction of sp³-hybridized carbons (Fsp3) is 0. The minimum Gasteiger partial charge on any atom is -0.399 e. The molecule has 0 bridgehead atoms. The Kier molecular flexibility index (Phi) is 3.25. The Bertz CT molecular complexity index is 522. The van der Waals surface area contributed by atoms with E-state index in [1.54, 1.807) is 36.4 Å². The fourth-order valence-corrected chi connectivity index (χ4v) is 1.38. The van der Waals surface area contributed by atoms with Crippen LogP contribution >= 0.6 is 11.6 Å². The van der Waals surface area contributed by atoms with Gasteiger partial charge in [0.25, 0.3) is 5.91 Å². The Balaban J connectivity index is 2.11. The number of pyridine rings is 1. The smallest absolute Gasteiger partial charge is 0.274 e. The van der Waals surface area contributed by atoms with Gasteiger partial charge in [0.15, 0.2) is 0 Å². The molecule has 0 atom stereocenters. The standard InChI is InChI=1S/C12H10ClN3O/c13-8-1-6-11(15-7-8)12(17)16-10-4-2-9(14)3-5-10/h1-7H,14H2,(H,16,17). The molecule has 0 spiro atoms. The number of nitrogens with two attached hydrogens (primary N) is 1. The maximum Gasteiger partial charge on any atom is 0.274 e. The van der Waals surface area contributed by atoms with Gasteiger partial charge in [0.1, 0.15) is 5.69 Å². The van der Waals surface area contributed by atoms with E-state index in [0.717, 1.165) is 0 Å². The first kappa shape index (κ1) is 11.4. The van der Waals surface area contributed by atoms with Gasteiger partial charge in [-0.2, -0.15) is 0 Å². The highest BCUT2D eigenvalue weighted by Crippen LogP contribution is 2.12. The first-order chi connectivity index (χ1) is 8.15. The highest BCUT2D eigenvalue weighted by atomic mass is 35.5. The summed E-state index contributed by atoms with van der Waals surface area (Å²) < 4.78 is 0. The van der Waals surface area contributed by atoms with Crippen LogP contribution in [0.1, 0.15) is 10.5 Å². The van der Waals surface area contributed by atoms with Crippen LogP contribution in [-0.2, 0) is 0 Å². The lowest BCUT2D eigenvalue weighted by Crippen LogP contribution is -2.13. The summed E-state index contributed by atoms with van der Waals surface area (Å²) in [6.45, 7) is 0. The normalized spacial score (nSPS) is 9.94. The summed E-state index contributed by atoms with van der Waals surface area (Å²) in [7, 11) is 0. The van der Waals surface area contributed by atoms with Crippen LogP contribution in [-0.4, -0.2) is 10.9 Å². The van der Waals surface area contributed by atoms with Crippen molar-refractivity contribution in [2.75, 3.05) is 11.1 Å². The lowest BCUT2D eigenvalue weighted by Gasteiger charge is -2.04. The van der Waals surface area contributed by atoms with Gasteiger partial charge in [0.05, 0.1) is 5.02 Å². The largest absolute Gasteiger partial charge is 0.399 e. The van der Waals surface area contributed by atoms with Gasteiger partial charge in [-0.05, 0) is 36.4 Å². The number of aromatic nitrogens is 1. The van der Waals surface area contributed by atoms with Crippen molar-refractivity contribution in [3.63, 3.8) is 0 Å². The quantitative estimate of drug-likeness (QED) is 0.802. The number of anilines is 2. The molecule has 0 aliphatic carbocycles. The number of amides is 1. The van der Waals surface area contributed by atoms with Crippen LogP contribution in [0.5, 0.6) is 0 Å². The van der Waals surface area contributed by atoms with Gasteiger partial charge in [0, 0.05) is 17.6 Å². The number of hydrogen-bond donors (Lipinski definition) is 2. The van der Waals surface area contributed by atoms with E-state index in [1.165, 1.54) is 6.20 Å². The van der Waals surface area contributed by atoms with Crippen LogP contribution in [0, 0.1) is 0 Å². The number of hydrogen-bond acceptors (Lipinski definition) is 3. The van der Waals surface area contributed by atoms with Gasteiger partial charge in [-0.1, -0.05) is 11.6 Å². The van der Waals surface area contributed by atoms with E-state index < -0.39 is 0 Å². The first-order valence-corrected chi connectivity index (χ1v) is 5.31. The highest BCUT2D eigenvalue weighted by Gasteiger charge is 2.06. The summed E-state index contributed by atoms with van der Waals surface area (Å²) in [6, 6.07) is 10.1. The highest BCUT2D eigenvalue weighted by molar-refractivity contribution is 6.30. The molecule has 1 aromatic heterocycles. The number of rotatable bonds is 2. The molecule has 0 fully saturated rings. The maximum atomic E-state index is 11.8. The van der Waals surface area contributed by atoms with Crippen molar-refractivity contribution in [1.82, 2.24) is 4.98 Å². The van der Waals surface area contributed by atoms with Crippen molar-refractivity contribution in [1.29, 1.82) is 0 Å². The topological polar surface area (TPSA) is 68.0 Å². The van der Waals surface area contributed by atoms with E-state index in [9.17, 15) is 4.79 Å². The van der Waals surface area contributed by atoms with Crippen LogP contribution in [0.4, 0.5) is 11.4 Å². The second-order valence-electron chi connectivity index (χ2n) is 3.44. The predicted octanol–water partition coefficient (Wildman–Crippen LogP) is 2.57. The lowest BCUT2D eigenvalue weighted by molar-refractivity contribution is 0.102. The van der Waals surface area contributed by atoms with E-state index in [-0.39, 0.29) is 5.91 Å². The summed E-state index contributed by atoms with van der Waals surface area (Å²) >= 11 is 5.69. The van der Waals surface area contributed by atoms with Gasteiger partial charge >= 0.3 is 0 Å². The molecule has 4 nitrogen and oxygen atoms in total. The second kappa shape index (κ2) is 4.84. The molecule has 1 aromatic carbocycles. The van der Waals surface area contributed by atoms with Crippen molar-refractivity contribution in [3.8, 4) is 0 Å². The molecule has 2 aromatic rings. The van der Waals surface area contributed by atoms with E-state index >= 15 is 0 Å². The van der Waals surface area contributed by atoms with Gasteiger partial charge < -0.3 is 11.1 Å². The van der Waals surface area contributed by atoms with E-state index in [4.69, 9.17) is 17.3 Å². The number of nitrogen functional groups attached to an aromatic ring is 1. The minimum absolute atomic E-state index is 0.286. The number of benzene rings is 1. The van der Waals surface area contributed by atoms with Crippen molar-refractivity contribution < 1.29 is 4.79 Å². The molecule has 3 N–H and O–H groups in total. The summed E-state index contributed by atoms with van der Waals surface area (Å²) in [5.74, 6) is -0.286. The average Bonchev–Trinajstić information content (AvgIpc) is 2.33. The van der Waals surface area contributed by atoms with Crippen LogP contribution in [0.15, 0.2) is 42.6 Å². The molecular weight excluding hydrogens is 238 g/mol. The first-order valence-electron chi connectivity index (χ1n) is 4.93. The Morgan fingerprint density at radius 3 is 2.47 bits per heavy atom. The molecule has 1 heterocycles. The Morgan fingerprint density at radius 1 is 1.18 bits per heavy atom. The zero-order valence-electron chi connectivity index (χ0n) is 8.85. The molecule has 86 valence electrons. The molecular formula is C12H10ClN3O. The number of nitrogens with zero attached hydrogens (tertiary/aromatic N) is 1. The fourth-order valence-electron chi connectivity index (χ4n) is 1.27. The Morgan fingerprint density at radius 2 is 1.88 bits per heavy atom. The molecule has 0 aliphatic rings. The summed E-state index contributed by atoms with van der Waals surface area (Å²) in [4.78, 5) is 15.7. The summed E-state index contributed by atoms with van der Waals surface area (Å²) in [5.41, 5.74) is 7.17. The molecule has 0 saturated carbocycles. The molecule has 0 unspecified atom stereocenters. The third-order valence-corrected chi connectivity index (χ3v) is 2.35. The third kappa shape index (κ3) is 2.95. The molecule has 0 aliphatic heterocycles. The zero-order valence-corrected chi connectivity index (χ0v) is 9.61. The van der Waals surface area contributed by atoms with E-state index in [1.807, 2.05) is 0 Å². The number of nitrogens with one attached hydrogen (secondary N) is 1. The van der Waals surface area contributed by atoms with Crippen LogP contribution in [0.3, 0.4) is 0 Å². The second-order valence-corrected chi connectivity index (χ2v) is 3.87. The minimum atomic E-state index is -0.286. The SMILES string of the molecule is Nc1ccc(NC(=O)c2ccc(Cl)cn2)cc1. The molecule has 17 heavy (non-hydrogen) atoms. The van der Waals surface area contributed by atoms with Crippen molar-refractivity contribution in [2.45, 2.75) is 0 Å². The number of halogens is 1. The third-order valence-electron chi connectivity index (χ3n) is 2.13. The lowest BCUT2D eigenvalue weighted by atomic mass is 10.2. The van der Waals surface area contributed by atoms with Crippen LogP contribution in [0.2, 0.25) is 5.02 Å². The predicted molar refractivity (Wildman–Crippen MR) is 68.1 cm³/mol. The zero-order chi connectivity index (χ0) is 12.3. The summed E-state index contributed by atoms with van der Waals surface area (Å²) in [6.07, 6.45) is 1.43. The van der Waals surface area contributed by atoms with Gasteiger partial charge in [0.2, 0.25) is 0 Å². The van der Waals surface area contributed by atoms with Crippen LogP contribution < -0.4 is 11.1 Å². The average molecular weight is 248 g/mol. The van der Waals surface area contributed by atoms with E-state index in [0.29, 0.717) is 22.1 Å². The molecule has 5 heteroatoms. The van der Waals surface area contributed by atoms with Gasteiger partial charge in [-0.25, -0.2) is 4.98 Å². The Labute approximate surface area is 103 Å². The molecule has 0 radical (unpaired) electrons. The van der Waals surface area contributed by atoms with Crippen molar-refractivity contribution >= 4 is 28.9 Å². The summed E-state index contributed by atoms with van der Waals surface area (Å²) in [5, 5.41) is 3.20. The number of carbonyl (C=O) groups excluding carboxylic acids is 1. The van der Waals surface area contributed by atoms with Crippen LogP contribution in [0.25, 0.3) is 0 Å². The van der Waals surface area contributed by atoms with E-state index in [2.05, 4.69) is 10.3 Å². The van der Waals surface area contributed by atoms with Crippen molar-refractivity contribution in [2.24, 2.45) is 0 Å². The monoisotopic (exact) mass is 247 g/mol. The molecule has 1 amide bonds. The maximum absolute atomic E-state index is 11.8.